The van der Waals surface area contributed by atoms with E-state index in [1.807, 2.05) is 23.1 Å². The average Bonchev–Trinajstić information content (AvgIpc) is 2.99. The van der Waals surface area contributed by atoms with E-state index in [0.717, 1.165) is 5.56 Å². The van der Waals surface area contributed by atoms with Crippen molar-refractivity contribution in [1.82, 2.24) is 8.61 Å². The number of sulfonamides is 2. The van der Waals surface area contributed by atoms with Crippen molar-refractivity contribution in [2.75, 3.05) is 66.0 Å². The maximum atomic E-state index is 13.5. The highest BCUT2D eigenvalue weighted by molar-refractivity contribution is 7.89. The minimum Gasteiger partial charge on any atom is -0.495 e. The zero-order valence-electron chi connectivity index (χ0n) is 24.0. The van der Waals surface area contributed by atoms with Gasteiger partial charge in [-0.1, -0.05) is 24.3 Å². The van der Waals surface area contributed by atoms with Crippen LogP contribution in [0.15, 0.2) is 70.5 Å². The number of anilines is 1. The van der Waals surface area contributed by atoms with Gasteiger partial charge >= 0.3 is 0 Å². The van der Waals surface area contributed by atoms with Gasteiger partial charge in [-0.15, -0.1) is 0 Å². The molecule has 222 valence electrons. The number of benzene rings is 3. The van der Waals surface area contributed by atoms with Crippen LogP contribution < -0.4 is 19.1 Å². The number of rotatable bonds is 11. The number of aryl methyl sites for hydroxylation is 1. The highest BCUT2D eigenvalue weighted by atomic mass is 32.2. The monoisotopic (exact) mass is 603 g/mol. The molecule has 41 heavy (non-hydrogen) atoms. The number of likely N-dealkylation sites (N-methyl/N-ethyl adjacent to an activating group) is 1. The first kappa shape index (κ1) is 30.6. The van der Waals surface area contributed by atoms with Gasteiger partial charge in [0.1, 0.15) is 5.75 Å². The third-order valence-corrected chi connectivity index (χ3v) is 11.2. The first-order chi connectivity index (χ1) is 19.5. The summed E-state index contributed by atoms with van der Waals surface area (Å²) < 4.78 is 72.5. The molecule has 1 fully saturated rings. The quantitative estimate of drug-likeness (QED) is 0.329. The van der Waals surface area contributed by atoms with Crippen molar-refractivity contribution in [3.8, 4) is 17.2 Å². The van der Waals surface area contributed by atoms with Crippen molar-refractivity contribution in [3.63, 3.8) is 0 Å². The van der Waals surface area contributed by atoms with Crippen LogP contribution in [-0.4, -0.2) is 86.5 Å². The smallest absolute Gasteiger partial charge is 0.243 e. The Morgan fingerprint density at radius 2 is 1.41 bits per heavy atom. The summed E-state index contributed by atoms with van der Waals surface area (Å²) in [7, 11) is -1.24. The second-order valence-electron chi connectivity index (χ2n) is 9.76. The van der Waals surface area contributed by atoms with Crippen LogP contribution in [-0.2, 0) is 26.5 Å². The molecule has 0 spiro atoms. The van der Waals surface area contributed by atoms with Crippen molar-refractivity contribution < 1.29 is 31.0 Å². The number of piperazine rings is 1. The van der Waals surface area contributed by atoms with E-state index >= 15 is 0 Å². The summed E-state index contributed by atoms with van der Waals surface area (Å²) in [6.07, 6.45) is 0.483. The molecule has 0 bridgehead atoms. The van der Waals surface area contributed by atoms with E-state index in [0.29, 0.717) is 52.9 Å². The van der Waals surface area contributed by atoms with E-state index in [2.05, 4.69) is 0 Å². The standard InChI is InChI=1S/C29H37N3O7S2/c1-22-8-6-7-9-29(22)41(35,36)32-18-16-31(17-19-32)25-21-24(11-13-26(25)37-3)40(33,34)30(2)15-14-23-10-12-27(38-4)28(20-23)39-5/h6-13,20-21H,14-19H2,1-5H3. The Balaban J connectivity index is 1.49. The van der Waals surface area contributed by atoms with Gasteiger partial charge in [0.25, 0.3) is 0 Å². The number of methoxy groups -OCH3 is 3. The number of hydrogen-bond acceptors (Lipinski definition) is 8. The molecule has 3 aromatic carbocycles. The zero-order chi connectivity index (χ0) is 29.8. The molecule has 10 nitrogen and oxygen atoms in total. The number of hydrogen-bond donors (Lipinski definition) is 0. The molecule has 4 rings (SSSR count). The Morgan fingerprint density at radius 3 is 2.05 bits per heavy atom. The van der Waals surface area contributed by atoms with Gasteiger partial charge in [0.15, 0.2) is 11.5 Å². The average molecular weight is 604 g/mol. The summed E-state index contributed by atoms with van der Waals surface area (Å²) in [5, 5.41) is 0. The largest absolute Gasteiger partial charge is 0.495 e. The van der Waals surface area contributed by atoms with Gasteiger partial charge in [0, 0.05) is 39.8 Å². The summed E-state index contributed by atoms with van der Waals surface area (Å²) in [6.45, 7) is 3.35. The molecule has 0 atom stereocenters. The molecule has 1 aliphatic rings. The lowest BCUT2D eigenvalue weighted by Gasteiger charge is -2.36. The van der Waals surface area contributed by atoms with Gasteiger partial charge in [-0.3, -0.25) is 0 Å². The number of nitrogens with zero attached hydrogens (tertiary/aromatic N) is 3. The van der Waals surface area contributed by atoms with E-state index in [9.17, 15) is 16.8 Å². The number of ether oxygens (including phenoxy) is 3. The molecule has 0 radical (unpaired) electrons. The highest BCUT2D eigenvalue weighted by Gasteiger charge is 2.31. The van der Waals surface area contributed by atoms with Gasteiger partial charge in [-0.25, -0.2) is 21.1 Å². The molecule has 0 aliphatic carbocycles. The lowest BCUT2D eigenvalue weighted by molar-refractivity contribution is 0.354. The van der Waals surface area contributed by atoms with Crippen LogP contribution in [0.2, 0.25) is 0 Å². The zero-order valence-corrected chi connectivity index (χ0v) is 25.7. The summed E-state index contributed by atoms with van der Waals surface area (Å²) in [5.41, 5.74) is 2.22. The SMILES string of the molecule is COc1ccc(CCN(C)S(=O)(=O)c2ccc(OC)c(N3CCN(S(=O)(=O)c4ccccc4C)CC3)c2)cc1OC. The summed E-state index contributed by atoms with van der Waals surface area (Å²) in [4.78, 5) is 2.40. The van der Waals surface area contributed by atoms with E-state index in [4.69, 9.17) is 14.2 Å². The second-order valence-corrected chi connectivity index (χ2v) is 13.7. The highest BCUT2D eigenvalue weighted by Crippen LogP contribution is 2.34. The predicted molar refractivity (Wildman–Crippen MR) is 158 cm³/mol. The van der Waals surface area contributed by atoms with Crippen molar-refractivity contribution in [3.05, 3.63) is 71.8 Å². The third-order valence-electron chi connectivity index (χ3n) is 7.31. The van der Waals surface area contributed by atoms with Crippen LogP contribution in [0.25, 0.3) is 0 Å². The molecule has 0 saturated carbocycles. The van der Waals surface area contributed by atoms with Gasteiger partial charge in [0.2, 0.25) is 20.0 Å². The molecule has 1 aliphatic heterocycles. The lowest BCUT2D eigenvalue weighted by Crippen LogP contribution is -2.48. The van der Waals surface area contributed by atoms with Crippen molar-refractivity contribution in [2.45, 2.75) is 23.1 Å². The molecule has 3 aromatic rings. The van der Waals surface area contributed by atoms with Crippen molar-refractivity contribution in [1.29, 1.82) is 0 Å². The topological polar surface area (TPSA) is 106 Å². The van der Waals surface area contributed by atoms with Gasteiger partial charge < -0.3 is 19.1 Å². The Bertz CT molecular complexity index is 1590. The molecular formula is C29H37N3O7S2. The van der Waals surface area contributed by atoms with E-state index < -0.39 is 20.0 Å². The molecule has 0 unspecified atom stereocenters. The molecule has 12 heteroatoms. The van der Waals surface area contributed by atoms with Crippen LogP contribution in [0.5, 0.6) is 17.2 Å². The summed E-state index contributed by atoms with van der Waals surface area (Å²) >= 11 is 0. The molecule has 0 amide bonds. The van der Waals surface area contributed by atoms with Gasteiger partial charge in [-0.05, 0) is 60.9 Å². The minimum atomic E-state index is -3.81. The fraction of sp³-hybridized carbons (Fsp3) is 0.379. The summed E-state index contributed by atoms with van der Waals surface area (Å²) in [6, 6.07) is 17.2. The van der Waals surface area contributed by atoms with Gasteiger partial charge in [-0.2, -0.15) is 4.31 Å². The first-order valence-electron chi connectivity index (χ1n) is 13.2. The molecule has 0 aromatic heterocycles. The molecular weight excluding hydrogens is 566 g/mol. The fourth-order valence-corrected chi connectivity index (χ4v) is 7.69. The molecule has 0 N–H and O–H groups in total. The Hall–Kier alpha value is -3.32. The van der Waals surface area contributed by atoms with E-state index in [1.54, 1.807) is 64.6 Å². The molecule has 1 saturated heterocycles. The van der Waals surface area contributed by atoms with Gasteiger partial charge in [0.05, 0.1) is 36.8 Å². The van der Waals surface area contributed by atoms with Crippen LogP contribution in [0.4, 0.5) is 5.69 Å². The van der Waals surface area contributed by atoms with E-state index in [-0.39, 0.29) is 24.5 Å². The van der Waals surface area contributed by atoms with Crippen molar-refractivity contribution in [2.24, 2.45) is 0 Å². The molecule has 1 heterocycles. The fourth-order valence-electron chi connectivity index (χ4n) is 4.85. The van der Waals surface area contributed by atoms with E-state index in [1.165, 1.54) is 21.8 Å². The van der Waals surface area contributed by atoms with Crippen LogP contribution >= 0.6 is 0 Å². The lowest BCUT2D eigenvalue weighted by atomic mass is 10.1. The van der Waals surface area contributed by atoms with Crippen molar-refractivity contribution >= 4 is 25.7 Å². The van der Waals surface area contributed by atoms with Crippen LogP contribution in [0.1, 0.15) is 11.1 Å². The Kier molecular flexibility index (Phi) is 9.48. The predicted octanol–water partition coefficient (Wildman–Crippen LogP) is 3.39. The van der Waals surface area contributed by atoms with Crippen LogP contribution in [0, 0.1) is 6.92 Å². The van der Waals surface area contributed by atoms with Crippen LogP contribution in [0.3, 0.4) is 0 Å². The minimum absolute atomic E-state index is 0.137. The summed E-state index contributed by atoms with van der Waals surface area (Å²) in [5.74, 6) is 1.71. The normalized spacial score (nSPS) is 14.7. The first-order valence-corrected chi connectivity index (χ1v) is 16.1. The Labute approximate surface area is 243 Å². The maximum Gasteiger partial charge on any atom is 0.243 e. The third kappa shape index (κ3) is 6.45. The second kappa shape index (κ2) is 12.7. The Morgan fingerprint density at radius 1 is 0.780 bits per heavy atom. The maximum absolute atomic E-state index is 13.5.